The molecule has 0 unspecified atom stereocenters. The minimum atomic E-state index is -0.975. The lowest BCUT2D eigenvalue weighted by molar-refractivity contribution is -0.161. The molecule has 0 heterocycles. The summed E-state index contributed by atoms with van der Waals surface area (Å²) in [6, 6.07) is 0. The molecule has 58 valence electrons. The van der Waals surface area contributed by atoms with Gasteiger partial charge < -0.3 is 10.6 Å². The number of hydroxylamine groups is 2. The van der Waals surface area contributed by atoms with Crippen molar-refractivity contribution in [3.8, 4) is 0 Å². The average molecular weight is 146 g/mol. The van der Waals surface area contributed by atoms with Crippen LogP contribution in [0.25, 0.3) is 0 Å². The van der Waals surface area contributed by atoms with Crippen molar-refractivity contribution >= 4 is 12.0 Å². The van der Waals surface area contributed by atoms with E-state index in [1.165, 1.54) is 6.92 Å². The second kappa shape index (κ2) is 3.71. The summed E-state index contributed by atoms with van der Waals surface area (Å²) in [6.45, 7) is 3.26. The Morgan fingerprint density at radius 2 is 2.10 bits per heavy atom. The van der Waals surface area contributed by atoms with Gasteiger partial charge in [-0.15, -0.1) is 0 Å². The molecule has 0 bridgehead atoms. The van der Waals surface area contributed by atoms with Crippen LogP contribution in [0.15, 0.2) is 0 Å². The van der Waals surface area contributed by atoms with E-state index in [4.69, 9.17) is 0 Å². The van der Waals surface area contributed by atoms with Gasteiger partial charge in [-0.2, -0.15) is 5.06 Å². The van der Waals surface area contributed by atoms with E-state index in [2.05, 4.69) is 10.6 Å². The molecule has 0 aromatic carbocycles. The molecular weight excluding hydrogens is 136 g/mol. The van der Waals surface area contributed by atoms with E-state index in [-0.39, 0.29) is 5.91 Å². The van der Waals surface area contributed by atoms with Gasteiger partial charge in [0.15, 0.2) is 0 Å². The fourth-order valence-corrected chi connectivity index (χ4v) is 0.460. The van der Waals surface area contributed by atoms with Gasteiger partial charge in [-0.05, 0) is 6.92 Å². The van der Waals surface area contributed by atoms with Gasteiger partial charge in [-0.3, -0.25) is 4.79 Å². The third kappa shape index (κ3) is 2.91. The summed E-state index contributed by atoms with van der Waals surface area (Å²) < 4.78 is 0. The lowest BCUT2D eigenvalue weighted by atomic mass is 10.6. The van der Waals surface area contributed by atoms with E-state index >= 15 is 0 Å². The van der Waals surface area contributed by atoms with Crippen molar-refractivity contribution in [2.75, 3.05) is 6.54 Å². The van der Waals surface area contributed by atoms with Gasteiger partial charge in [0.25, 0.3) is 5.91 Å². The first-order valence-corrected chi connectivity index (χ1v) is 2.83. The number of carbonyl (C=O) groups is 2. The minimum Gasteiger partial charge on any atom is -0.333 e. The normalized spacial score (nSPS) is 8.60. The van der Waals surface area contributed by atoms with Crippen LogP contribution >= 0.6 is 0 Å². The van der Waals surface area contributed by atoms with Crippen LogP contribution in [-0.2, 0) is 9.63 Å². The molecule has 5 nitrogen and oxygen atoms in total. The quantitative estimate of drug-likeness (QED) is 0.523. The molecule has 2 amide bonds. The standard InChI is InChI=1S/C5H10N2O3/c1-3-7(4(2)8)10-5(6)9/h3H2,1-2H3,(H2,6,9). The number of nitrogens with zero attached hydrogens (tertiary/aromatic N) is 1. The van der Waals surface area contributed by atoms with E-state index in [9.17, 15) is 9.59 Å². The molecule has 2 N–H and O–H groups in total. The number of hydrogen-bond acceptors (Lipinski definition) is 3. The Balaban J connectivity index is 3.83. The summed E-state index contributed by atoms with van der Waals surface area (Å²) in [5, 5.41) is 0.877. The summed E-state index contributed by atoms with van der Waals surface area (Å²) >= 11 is 0. The lowest BCUT2D eigenvalue weighted by Gasteiger charge is -2.14. The molecule has 0 saturated heterocycles. The highest BCUT2D eigenvalue weighted by Gasteiger charge is 2.08. The largest absolute Gasteiger partial charge is 0.429 e. The number of nitrogens with two attached hydrogens (primary N) is 1. The summed E-state index contributed by atoms with van der Waals surface area (Å²) in [5.74, 6) is -0.346. The zero-order valence-electron chi connectivity index (χ0n) is 5.96. The number of primary amides is 1. The summed E-state index contributed by atoms with van der Waals surface area (Å²) in [6.07, 6.45) is -0.975. The van der Waals surface area contributed by atoms with E-state index < -0.39 is 6.09 Å². The van der Waals surface area contributed by atoms with Crippen molar-refractivity contribution in [3.05, 3.63) is 0 Å². The van der Waals surface area contributed by atoms with E-state index in [1.54, 1.807) is 6.92 Å². The highest BCUT2D eigenvalue weighted by Crippen LogP contribution is 1.89. The molecule has 5 heteroatoms. The SMILES string of the molecule is CCN(OC(N)=O)C(C)=O. The fourth-order valence-electron chi connectivity index (χ4n) is 0.460. The molecule has 0 rings (SSSR count). The molecule has 0 aromatic heterocycles. The van der Waals surface area contributed by atoms with Crippen molar-refractivity contribution in [1.29, 1.82) is 0 Å². The van der Waals surface area contributed by atoms with Gasteiger partial charge in [0.05, 0.1) is 6.54 Å². The Hall–Kier alpha value is -1.26. The number of carbonyl (C=O) groups excluding carboxylic acids is 2. The van der Waals surface area contributed by atoms with Crippen molar-refractivity contribution in [2.45, 2.75) is 13.8 Å². The molecule has 0 radical (unpaired) electrons. The highest BCUT2D eigenvalue weighted by atomic mass is 16.7. The average Bonchev–Trinajstić information content (AvgIpc) is 1.81. The monoisotopic (exact) mass is 146 g/mol. The predicted octanol–water partition coefficient (Wildman–Crippen LogP) is -0.135. The molecule has 0 saturated carbocycles. The predicted molar refractivity (Wildman–Crippen MR) is 33.7 cm³/mol. The molecule has 0 atom stereocenters. The molecule has 10 heavy (non-hydrogen) atoms. The van der Waals surface area contributed by atoms with Crippen molar-refractivity contribution in [1.82, 2.24) is 5.06 Å². The van der Waals surface area contributed by atoms with Gasteiger partial charge in [0.2, 0.25) is 0 Å². The maximum Gasteiger partial charge on any atom is 0.429 e. The van der Waals surface area contributed by atoms with Crippen LogP contribution in [0.2, 0.25) is 0 Å². The van der Waals surface area contributed by atoms with Crippen LogP contribution < -0.4 is 5.73 Å². The first-order chi connectivity index (χ1) is 4.57. The van der Waals surface area contributed by atoms with Crippen LogP contribution in [0.1, 0.15) is 13.8 Å². The van der Waals surface area contributed by atoms with E-state index in [0.717, 1.165) is 5.06 Å². The Morgan fingerprint density at radius 3 is 2.20 bits per heavy atom. The van der Waals surface area contributed by atoms with Crippen LogP contribution in [0, 0.1) is 0 Å². The Kier molecular flexibility index (Phi) is 3.24. The second-order valence-electron chi connectivity index (χ2n) is 1.62. The first kappa shape index (κ1) is 8.74. The number of rotatable bonds is 1. The molecule has 0 aromatic rings. The summed E-state index contributed by atoms with van der Waals surface area (Å²) in [5.41, 5.74) is 4.65. The summed E-state index contributed by atoms with van der Waals surface area (Å²) in [7, 11) is 0. The fraction of sp³-hybridized carbons (Fsp3) is 0.600. The zero-order valence-corrected chi connectivity index (χ0v) is 5.96. The second-order valence-corrected chi connectivity index (χ2v) is 1.62. The van der Waals surface area contributed by atoms with Gasteiger partial charge in [0.1, 0.15) is 0 Å². The minimum absolute atomic E-state index is 0.304. The maximum absolute atomic E-state index is 10.5. The van der Waals surface area contributed by atoms with Crippen molar-refractivity contribution in [2.24, 2.45) is 5.73 Å². The topological polar surface area (TPSA) is 72.6 Å². The van der Waals surface area contributed by atoms with E-state index in [1.807, 2.05) is 0 Å². The third-order valence-electron chi connectivity index (χ3n) is 0.839. The molecule has 0 spiro atoms. The zero-order chi connectivity index (χ0) is 8.15. The van der Waals surface area contributed by atoms with E-state index in [0.29, 0.717) is 6.54 Å². The molecule has 0 fully saturated rings. The van der Waals surface area contributed by atoms with Crippen molar-refractivity contribution in [3.63, 3.8) is 0 Å². The lowest BCUT2D eigenvalue weighted by Crippen LogP contribution is -2.33. The summed E-state index contributed by atoms with van der Waals surface area (Å²) in [4.78, 5) is 24.9. The van der Waals surface area contributed by atoms with Gasteiger partial charge in [-0.1, -0.05) is 0 Å². The Morgan fingerprint density at radius 1 is 1.60 bits per heavy atom. The number of hydrogen-bond donors (Lipinski definition) is 1. The first-order valence-electron chi connectivity index (χ1n) is 2.83. The Bertz CT molecular complexity index is 146. The van der Waals surface area contributed by atoms with Crippen molar-refractivity contribution < 1.29 is 14.4 Å². The van der Waals surface area contributed by atoms with Gasteiger partial charge in [0, 0.05) is 6.92 Å². The third-order valence-corrected chi connectivity index (χ3v) is 0.839. The molecule has 0 aliphatic heterocycles. The maximum atomic E-state index is 10.5. The van der Waals surface area contributed by atoms with Crippen LogP contribution in [0.5, 0.6) is 0 Å². The smallest absolute Gasteiger partial charge is 0.333 e. The molecular formula is C5H10N2O3. The highest BCUT2D eigenvalue weighted by molar-refractivity contribution is 5.74. The van der Waals surface area contributed by atoms with Crippen LogP contribution in [0.4, 0.5) is 4.79 Å². The Labute approximate surface area is 58.7 Å². The van der Waals surface area contributed by atoms with Crippen LogP contribution in [0.3, 0.4) is 0 Å². The molecule has 0 aliphatic rings. The van der Waals surface area contributed by atoms with Gasteiger partial charge in [-0.25, -0.2) is 4.79 Å². The van der Waals surface area contributed by atoms with Gasteiger partial charge >= 0.3 is 6.09 Å². The number of amides is 2. The van der Waals surface area contributed by atoms with Crippen LogP contribution in [-0.4, -0.2) is 23.6 Å². The molecule has 0 aliphatic carbocycles.